The summed E-state index contributed by atoms with van der Waals surface area (Å²) in [5.41, 5.74) is 6.89. The molecule has 0 spiro atoms. The van der Waals surface area contributed by atoms with Crippen LogP contribution in [0.3, 0.4) is 0 Å². The van der Waals surface area contributed by atoms with Crippen LogP contribution < -0.4 is 11.1 Å². The molecule has 1 aromatic heterocycles. The molecular formula is C12H13BrN4S. The standard InChI is InChI=1S/C12H13BrN4S/c1-18-12-16-10(14)6-11(17-12)15-7-8-4-2-3-5-9(8)13/h2-6H,7H2,1H3,(H3,14,15,16,17). The third kappa shape index (κ3) is 3.36. The van der Waals surface area contributed by atoms with Crippen molar-refractivity contribution in [2.75, 3.05) is 17.3 Å². The minimum atomic E-state index is 0.476. The summed E-state index contributed by atoms with van der Waals surface area (Å²) < 4.78 is 1.07. The van der Waals surface area contributed by atoms with Crippen molar-refractivity contribution in [2.45, 2.75) is 11.7 Å². The highest BCUT2D eigenvalue weighted by atomic mass is 79.9. The van der Waals surface area contributed by atoms with Gasteiger partial charge in [-0.3, -0.25) is 0 Å². The number of thioether (sulfide) groups is 1. The van der Waals surface area contributed by atoms with E-state index in [0.29, 0.717) is 17.5 Å². The molecule has 0 unspecified atom stereocenters. The van der Waals surface area contributed by atoms with Gasteiger partial charge in [0, 0.05) is 17.1 Å². The number of nitrogens with two attached hydrogens (primary N) is 1. The predicted molar refractivity (Wildman–Crippen MR) is 79.7 cm³/mol. The van der Waals surface area contributed by atoms with E-state index >= 15 is 0 Å². The number of aromatic nitrogens is 2. The number of nitrogen functional groups attached to an aromatic ring is 1. The first kappa shape index (κ1) is 13.2. The van der Waals surface area contributed by atoms with E-state index in [1.165, 1.54) is 17.3 Å². The van der Waals surface area contributed by atoms with Gasteiger partial charge in [-0.1, -0.05) is 45.9 Å². The summed E-state index contributed by atoms with van der Waals surface area (Å²) in [7, 11) is 0. The van der Waals surface area contributed by atoms with E-state index in [-0.39, 0.29) is 0 Å². The molecule has 1 heterocycles. The second-order valence-electron chi connectivity index (χ2n) is 3.61. The van der Waals surface area contributed by atoms with E-state index in [1.807, 2.05) is 24.5 Å². The molecule has 0 fully saturated rings. The number of benzene rings is 1. The summed E-state index contributed by atoms with van der Waals surface area (Å²) in [4.78, 5) is 8.45. The Kier molecular flexibility index (Phi) is 4.43. The van der Waals surface area contributed by atoms with E-state index in [1.54, 1.807) is 6.07 Å². The fourth-order valence-electron chi connectivity index (χ4n) is 1.45. The zero-order valence-corrected chi connectivity index (χ0v) is 12.3. The van der Waals surface area contributed by atoms with Crippen LogP contribution in [0.5, 0.6) is 0 Å². The van der Waals surface area contributed by atoms with Crippen LogP contribution in [0.4, 0.5) is 11.6 Å². The van der Waals surface area contributed by atoms with Gasteiger partial charge in [-0.05, 0) is 17.9 Å². The van der Waals surface area contributed by atoms with E-state index in [2.05, 4.69) is 37.3 Å². The smallest absolute Gasteiger partial charge is 0.191 e. The average Bonchev–Trinajstić information content (AvgIpc) is 2.37. The van der Waals surface area contributed by atoms with Gasteiger partial charge < -0.3 is 11.1 Å². The van der Waals surface area contributed by atoms with Gasteiger partial charge in [0.05, 0.1) is 0 Å². The maximum Gasteiger partial charge on any atom is 0.191 e. The molecule has 2 aromatic rings. The lowest BCUT2D eigenvalue weighted by Crippen LogP contribution is -2.04. The molecule has 0 bridgehead atoms. The van der Waals surface area contributed by atoms with Crippen molar-refractivity contribution < 1.29 is 0 Å². The average molecular weight is 325 g/mol. The Bertz CT molecular complexity index is 547. The number of hydrogen-bond acceptors (Lipinski definition) is 5. The maximum atomic E-state index is 5.72. The highest BCUT2D eigenvalue weighted by Gasteiger charge is 2.03. The van der Waals surface area contributed by atoms with Gasteiger partial charge in [0.25, 0.3) is 0 Å². The molecule has 6 heteroatoms. The summed E-state index contributed by atoms with van der Waals surface area (Å²) in [5.74, 6) is 1.21. The van der Waals surface area contributed by atoms with Crippen molar-refractivity contribution >= 4 is 39.3 Å². The van der Waals surface area contributed by atoms with Crippen molar-refractivity contribution in [3.8, 4) is 0 Å². The molecule has 94 valence electrons. The summed E-state index contributed by atoms with van der Waals surface area (Å²) >= 11 is 4.98. The van der Waals surface area contributed by atoms with Crippen LogP contribution in [0.2, 0.25) is 0 Å². The van der Waals surface area contributed by atoms with Crippen LogP contribution >= 0.6 is 27.7 Å². The third-order valence-electron chi connectivity index (χ3n) is 2.33. The number of hydrogen-bond donors (Lipinski definition) is 2. The number of anilines is 2. The topological polar surface area (TPSA) is 63.8 Å². The molecule has 0 aliphatic rings. The Morgan fingerprint density at radius 2 is 2.11 bits per heavy atom. The zero-order chi connectivity index (χ0) is 13.0. The fraction of sp³-hybridized carbons (Fsp3) is 0.167. The summed E-state index contributed by atoms with van der Waals surface area (Å²) in [6, 6.07) is 9.79. The number of nitrogens with zero attached hydrogens (tertiary/aromatic N) is 2. The third-order valence-corrected chi connectivity index (χ3v) is 3.65. The van der Waals surface area contributed by atoms with Crippen LogP contribution in [0.25, 0.3) is 0 Å². The molecule has 4 nitrogen and oxygen atoms in total. The van der Waals surface area contributed by atoms with Gasteiger partial charge in [-0.15, -0.1) is 0 Å². The van der Waals surface area contributed by atoms with E-state index in [9.17, 15) is 0 Å². The second kappa shape index (κ2) is 6.06. The lowest BCUT2D eigenvalue weighted by molar-refractivity contribution is 0.963. The largest absolute Gasteiger partial charge is 0.383 e. The van der Waals surface area contributed by atoms with E-state index in [4.69, 9.17) is 5.73 Å². The monoisotopic (exact) mass is 324 g/mol. The highest BCUT2D eigenvalue weighted by Crippen LogP contribution is 2.19. The Morgan fingerprint density at radius 1 is 1.33 bits per heavy atom. The Labute approximate surface area is 119 Å². The summed E-state index contributed by atoms with van der Waals surface area (Å²) in [6.07, 6.45) is 1.92. The number of rotatable bonds is 4. The SMILES string of the molecule is CSc1nc(N)cc(NCc2ccccc2Br)n1. The van der Waals surface area contributed by atoms with Gasteiger partial charge in [0.2, 0.25) is 0 Å². The van der Waals surface area contributed by atoms with Gasteiger partial charge in [-0.25, -0.2) is 9.97 Å². The second-order valence-corrected chi connectivity index (χ2v) is 5.24. The summed E-state index contributed by atoms with van der Waals surface area (Å²) in [6.45, 7) is 0.686. The molecule has 3 N–H and O–H groups in total. The molecule has 0 aliphatic carbocycles. The Hall–Kier alpha value is -1.27. The molecular weight excluding hydrogens is 312 g/mol. The van der Waals surface area contributed by atoms with Crippen molar-refractivity contribution in [3.05, 3.63) is 40.4 Å². The number of halogens is 1. The fourth-order valence-corrected chi connectivity index (χ4v) is 2.26. The normalized spacial score (nSPS) is 10.3. The van der Waals surface area contributed by atoms with E-state index in [0.717, 1.165) is 10.3 Å². The molecule has 18 heavy (non-hydrogen) atoms. The van der Waals surface area contributed by atoms with Gasteiger partial charge >= 0.3 is 0 Å². The first-order valence-electron chi connectivity index (χ1n) is 5.35. The molecule has 1 aromatic carbocycles. The molecule has 0 saturated heterocycles. The van der Waals surface area contributed by atoms with Crippen molar-refractivity contribution in [3.63, 3.8) is 0 Å². The van der Waals surface area contributed by atoms with Crippen LogP contribution in [0.1, 0.15) is 5.56 Å². The first-order chi connectivity index (χ1) is 8.69. The summed E-state index contributed by atoms with van der Waals surface area (Å²) in [5, 5.41) is 3.91. The molecule has 0 saturated carbocycles. The molecule has 2 rings (SSSR count). The minimum Gasteiger partial charge on any atom is -0.383 e. The Morgan fingerprint density at radius 3 is 2.83 bits per heavy atom. The van der Waals surface area contributed by atoms with E-state index < -0.39 is 0 Å². The highest BCUT2D eigenvalue weighted by molar-refractivity contribution is 9.10. The zero-order valence-electron chi connectivity index (χ0n) is 9.85. The molecule has 0 radical (unpaired) electrons. The van der Waals surface area contributed by atoms with Gasteiger partial charge in [-0.2, -0.15) is 0 Å². The van der Waals surface area contributed by atoms with Gasteiger partial charge in [0.1, 0.15) is 11.6 Å². The van der Waals surface area contributed by atoms with Crippen LogP contribution in [0.15, 0.2) is 40.0 Å². The van der Waals surface area contributed by atoms with Crippen LogP contribution in [-0.4, -0.2) is 16.2 Å². The minimum absolute atomic E-state index is 0.476. The number of nitrogens with one attached hydrogen (secondary N) is 1. The maximum absolute atomic E-state index is 5.72. The molecule has 0 amide bonds. The molecule has 0 atom stereocenters. The van der Waals surface area contributed by atoms with Crippen molar-refractivity contribution in [1.29, 1.82) is 0 Å². The molecule has 0 aliphatic heterocycles. The van der Waals surface area contributed by atoms with Crippen LogP contribution in [-0.2, 0) is 6.54 Å². The predicted octanol–water partition coefficient (Wildman–Crippen LogP) is 3.16. The van der Waals surface area contributed by atoms with Crippen molar-refractivity contribution in [2.24, 2.45) is 0 Å². The first-order valence-corrected chi connectivity index (χ1v) is 7.36. The van der Waals surface area contributed by atoms with Crippen LogP contribution in [0, 0.1) is 0 Å². The Balaban J connectivity index is 2.11. The van der Waals surface area contributed by atoms with Gasteiger partial charge in [0.15, 0.2) is 5.16 Å². The van der Waals surface area contributed by atoms with Crippen molar-refractivity contribution in [1.82, 2.24) is 9.97 Å². The lowest BCUT2D eigenvalue weighted by Gasteiger charge is -2.08. The quantitative estimate of drug-likeness (QED) is 0.668. The lowest BCUT2D eigenvalue weighted by atomic mass is 10.2.